The summed E-state index contributed by atoms with van der Waals surface area (Å²) in [5, 5.41) is 5.94. The zero-order chi connectivity index (χ0) is 13.7. The Morgan fingerprint density at radius 3 is 2.79 bits per heavy atom. The standard InChI is InChI=1S/C15H18N2O2/c1-11-5-3-7-14(12(11)2)17-15(18)10-16-9-13-6-4-8-19-13/h3-8,16H,9-10H2,1-2H3,(H,17,18). The topological polar surface area (TPSA) is 54.3 Å². The van der Waals surface area contributed by atoms with Crippen molar-refractivity contribution in [1.29, 1.82) is 0 Å². The third kappa shape index (κ3) is 3.69. The van der Waals surface area contributed by atoms with E-state index in [1.807, 2.05) is 44.2 Å². The zero-order valence-corrected chi connectivity index (χ0v) is 11.2. The van der Waals surface area contributed by atoms with Crippen LogP contribution in [-0.2, 0) is 11.3 Å². The van der Waals surface area contributed by atoms with Gasteiger partial charge in [0.05, 0.1) is 19.4 Å². The summed E-state index contributed by atoms with van der Waals surface area (Å²) in [7, 11) is 0. The highest BCUT2D eigenvalue weighted by atomic mass is 16.3. The lowest BCUT2D eigenvalue weighted by atomic mass is 10.1. The second-order valence-corrected chi connectivity index (χ2v) is 4.48. The molecule has 0 aliphatic rings. The van der Waals surface area contributed by atoms with Crippen molar-refractivity contribution in [1.82, 2.24) is 5.32 Å². The van der Waals surface area contributed by atoms with Crippen LogP contribution < -0.4 is 10.6 Å². The molecule has 0 aliphatic carbocycles. The van der Waals surface area contributed by atoms with Gasteiger partial charge < -0.3 is 15.1 Å². The lowest BCUT2D eigenvalue weighted by Crippen LogP contribution is -2.27. The van der Waals surface area contributed by atoms with E-state index in [0.717, 1.165) is 17.0 Å². The van der Waals surface area contributed by atoms with Gasteiger partial charge in [-0.05, 0) is 43.2 Å². The molecule has 0 radical (unpaired) electrons. The molecule has 4 heteroatoms. The van der Waals surface area contributed by atoms with Gasteiger partial charge in [-0.3, -0.25) is 4.79 Å². The number of rotatable bonds is 5. The summed E-state index contributed by atoms with van der Waals surface area (Å²) < 4.78 is 5.17. The Morgan fingerprint density at radius 2 is 2.05 bits per heavy atom. The highest BCUT2D eigenvalue weighted by molar-refractivity contribution is 5.93. The number of benzene rings is 1. The van der Waals surface area contributed by atoms with Crippen molar-refractivity contribution in [3.8, 4) is 0 Å². The molecular weight excluding hydrogens is 240 g/mol. The maximum Gasteiger partial charge on any atom is 0.238 e. The molecule has 2 rings (SSSR count). The van der Waals surface area contributed by atoms with Gasteiger partial charge in [-0.15, -0.1) is 0 Å². The first-order valence-corrected chi connectivity index (χ1v) is 6.26. The quantitative estimate of drug-likeness (QED) is 0.866. The first-order chi connectivity index (χ1) is 9.16. The number of carbonyl (C=O) groups excluding carboxylic acids is 1. The normalized spacial score (nSPS) is 10.4. The lowest BCUT2D eigenvalue weighted by Gasteiger charge is -2.10. The van der Waals surface area contributed by atoms with E-state index in [0.29, 0.717) is 6.54 Å². The van der Waals surface area contributed by atoms with Gasteiger partial charge in [0.15, 0.2) is 0 Å². The van der Waals surface area contributed by atoms with Gasteiger partial charge in [0.25, 0.3) is 0 Å². The van der Waals surface area contributed by atoms with Crippen LogP contribution in [0.25, 0.3) is 0 Å². The molecule has 0 unspecified atom stereocenters. The van der Waals surface area contributed by atoms with Gasteiger partial charge >= 0.3 is 0 Å². The molecule has 1 heterocycles. The second kappa shape index (κ2) is 6.20. The highest BCUT2D eigenvalue weighted by Gasteiger charge is 2.05. The van der Waals surface area contributed by atoms with E-state index in [-0.39, 0.29) is 12.5 Å². The molecule has 19 heavy (non-hydrogen) atoms. The molecule has 2 aromatic rings. The van der Waals surface area contributed by atoms with E-state index < -0.39 is 0 Å². The summed E-state index contributed by atoms with van der Waals surface area (Å²) in [5.41, 5.74) is 3.13. The van der Waals surface area contributed by atoms with Crippen LogP contribution in [0.2, 0.25) is 0 Å². The van der Waals surface area contributed by atoms with E-state index in [1.165, 1.54) is 5.56 Å². The number of aryl methyl sites for hydroxylation is 1. The monoisotopic (exact) mass is 258 g/mol. The molecule has 100 valence electrons. The Bertz CT molecular complexity index is 547. The van der Waals surface area contributed by atoms with E-state index in [4.69, 9.17) is 4.42 Å². The van der Waals surface area contributed by atoms with Crippen LogP contribution in [0.5, 0.6) is 0 Å². The van der Waals surface area contributed by atoms with Crippen LogP contribution >= 0.6 is 0 Å². The molecular formula is C15H18N2O2. The third-order valence-electron chi connectivity index (χ3n) is 3.04. The Balaban J connectivity index is 1.82. The fourth-order valence-electron chi connectivity index (χ4n) is 1.79. The van der Waals surface area contributed by atoms with Gasteiger partial charge in [-0.1, -0.05) is 12.1 Å². The minimum atomic E-state index is -0.0553. The molecule has 0 fully saturated rings. The number of furan rings is 1. The van der Waals surface area contributed by atoms with E-state index >= 15 is 0 Å². The predicted octanol–water partition coefficient (Wildman–Crippen LogP) is 2.62. The fraction of sp³-hybridized carbons (Fsp3) is 0.267. The van der Waals surface area contributed by atoms with Gasteiger partial charge in [0, 0.05) is 5.69 Å². The minimum absolute atomic E-state index is 0.0553. The van der Waals surface area contributed by atoms with Crippen molar-refractivity contribution in [2.45, 2.75) is 20.4 Å². The Labute approximate surface area is 112 Å². The van der Waals surface area contributed by atoms with Crippen molar-refractivity contribution >= 4 is 11.6 Å². The SMILES string of the molecule is Cc1cccc(NC(=O)CNCc2ccco2)c1C. The van der Waals surface area contributed by atoms with Crippen LogP contribution in [-0.4, -0.2) is 12.5 Å². The third-order valence-corrected chi connectivity index (χ3v) is 3.04. The molecule has 0 saturated carbocycles. The Morgan fingerprint density at radius 1 is 1.21 bits per heavy atom. The summed E-state index contributed by atoms with van der Waals surface area (Å²) >= 11 is 0. The molecule has 0 bridgehead atoms. The molecule has 4 nitrogen and oxygen atoms in total. The fourth-order valence-corrected chi connectivity index (χ4v) is 1.79. The van der Waals surface area contributed by atoms with Crippen LogP contribution in [0.3, 0.4) is 0 Å². The predicted molar refractivity (Wildman–Crippen MR) is 75.0 cm³/mol. The Hall–Kier alpha value is -2.07. The maximum atomic E-state index is 11.8. The molecule has 0 aliphatic heterocycles. The van der Waals surface area contributed by atoms with Crippen LogP contribution in [0.4, 0.5) is 5.69 Å². The van der Waals surface area contributed by atoms with Crippen molar-refractivity contribution in [3.05, 3.63) is 53.5 Å². The van der Waals surface area contributed by atoms with Crippen LogP contribution in [0, 0.1) is 13.8 Å². The molecule has 1 aromatic heterocycles. The molecule has 0 spiro atoms. The summed E-state index contributed by atoms with van der Waals surface area (Å²) in [6.07, 6.45) is 1.62. The van der Waals surface area contributed by atoms with Gasteiger partial charge in [0.2, 0.25) is 5.91 Å². The summed E-state index contributed by atoms with van der Waals surface area (Å²) in [6.45, 7) is 4.84. The van der Waals surface area contributed by atoms with Gasteiger partial charge in [-0.25, -0.2) is 0 Å². The zero-order valence-electron chi connectivity index (χ0n) is 11.2. The molecule has 2 N–H and O–H groups in total. The van der Waals surface area contributed by atoms with Crippen molar-refractivity contribution in [2.24, 2.45) is 0 Å². The Kier molecular flexibility index (Phi) is 4.36. The molecule has 1 amide bonds. The molecule has 1 aromatic carbocycles. The van der Waals surface area contributed by atoms with Crippen molar-refractivity contribution in [2.75, 3.05) is 11.9 Å². The number of carbonyl (C=O) groups is 1. The highest BCUT2D eigenvalue weighted by Crippen LogP contribution is 2.17. The van der Waals surface area contributed by atoms with E-state index in [1.54, 1.807) is 6.26 Å². The largest absolute Gasteiger partial charge is 0.468 e. The van der Waals surface area contributed by atoms with Crippen molar-refractivity contribution < 1.29 is 9.21 Å². The van der Waals surface area contributed by atoms with Crippen molar-refractivity contribution in [3.63, 3.8) is 0 Å². The number of hydrogen-bond acceptors (Lipinski definition) is 3. The number of hydrogen-bond donors (Lipinski definition) is 2. The number of nitrogens with one attached hydrogen (secondary N) is 2. The average Bonchev–Trinajstić information content (AvgIpc) is 2.88. The summed E-state index contributed by atoms with van der Waals surface area (Å²) in [6, 6.07) is 9.57. The first kappa shape index (κ1) is 13.4. The number of amides is 1. The van der Waals surface area contributed by atoms with E-state index in [2.05, 4.69) is 10.6 Å². The van der Waals surface area contributed by atoms with E-state index in [9.17, 15) is 4.79 Å². The maximum absolute atomic E-state index is 11.8. The molecule has 0 atom stereocenters. The summed E-state index contributed by atoms with van der Waals surface area (Å²) in [5.74, 6) is 0.764. The lowest BCUT2D eigenvalue weighted by molar-refractivity contribution is -0.115. The smallest absolute Gasteiger partial charge is 0.238 e. The average molecular weight is 258 g/mol. The number of anilines is 1. The van der Waals surface area contributed by atoms with Crippen LogP contribution in [0.15, 0.2) is 41.0 Å². The molecule has 0 saturated heterocycles. The van der Waals surface area contributed by atoms with Crippen LogP contribution in [0.1, 0.15) is 16.9 Å². The van der Waals surface area contributed by atoms with Gasteiger partial charge in [0.1, 0.15) is 5.76 Å². The second-order valence-electron chi connectivity index (χ2n) is 4.48. The van der Waals surface area contributed by atoms with Gasteiger partial charge in [-0.2, -0.15) is 0 Å². The summed E-state index contributed by atoms with van der Waals surface area (Å²) in [4.78, 5) is 11.8. The first-order valence-electron chi connectivity index (χ1n) is 6.26. The minimum Gasteiger partial charge on any atom is -0.468 e.